The second-order valence-electron chi connectivity index (χ2n) is 4.35. The number of rotatable bonds is 8. The highest BCUT2D eigenvalue weighted by molar-refractivity contribution is 9.10. The minimum atomic E-state index is -4.21. The monoisotopic (exact) mass is 392 g/mol. The Kier molecular flexibility index (Phi) is 6.70. The summed E-state index contributed by atoms with van der Waals surface area (Å²) in [5, 5.41) is 2.81. The second-order valence-corrected chi connectivity index (χ2v) is 6.81. The molecule has 21 heavy (non-hydrogen) atoms. The van der Waals surface area contributed by atoms with E-state index in [-0.39, 0.29) is 29.0 Å². The van der Waals surface area contributed by atoms with Gasteiger partial charge in [-0.2, -0.15) is 13.2 Å². The predicted octanol–water partition coefficient (Wildman–Crippen LogP) is 2.77. The van der Waals surface area contributed by atoms with Crippen LogP contribution in [0.2, 0.25) is 0 Å². The molecule has 5 nitrogen and oxygen atoms in total. The molecule has 1 aromatic heterocycles. The van der Waals surface area contributed by atoms with Crippen LogP contribution in [0.3, 0.4) is 0 Å². The minimum absolute atomic E-state index is 0.0581. The van der Waals surface area contributed by atoms with Crippen molar-refractivity contribution in [2.45, 2.75) is 36.9 Å². The lowest BCUT2D eigenvalue weighted by Gasteiger charge is -2.07. The normalized spacial score (nSPS) is 12.8. The summed E-state index contributed by atoms with van der Waals surface area (Å²) in [5.74, 6) is 0.432. The van der Waals surface area contributed by atoms with Crippen molar-refractivity contribution in [2.75, 3.05) is 13.6 Å². The van der Waals surface area contributed by atoms with Crippen LogP contribution in [-0.4, -0.2) is 28.2 Å². The van der Waals surface area contributed by atoms with Crippen molar-refractivity contribution < 1.29 is 26.0 Å². The first-order valence-electron chi connectivity index (χ1n) is 6.15. The summed E-state index contributed by atoms with van der Waals surface area (Å²) in [6.07, 6.45) is -5.15. The van der Waals surface area contributed by atoms with E-state index in [9.17, 15) is 21.6 Å². The lowest BCUT2D eigenvalue weighted by atomic mass is 10.2. The van der Waals surface area contributed by atoms with Gasteiger partial charge in [-0.1, -0.05) is 0 Å². The summed E-state index contributed by atoms with van der Waals surface area (Å²) in [6.45, 7) is 0.303. The van der Waals surface area contributed by atoms with E-state index in [0.717, 1.165) is 0 Å². The van der Waals surface area contributed by atoms with Gasteiger partial charge in [-0.05, 0) is 35.8 Å². The SMILES string of the molecule is CNCc1cc(S(=O)(=O)NCCCCC(F)(F)F)c(Br)o1. The first-order chi connectivity index (χ1) is 9.65. The predicted molar refractivity (Wildman–Crippen MR) is 74.3 cm³/mol. The number of hydrogen-bond donors (Lipinski definition) is 2. The van der Waals surface area contributed by atoms with E-state index in [1.165, 1.54) is 6.07 Å². The molecule has 1 rings (SSSR count). The number of furan rings is 1. The Balaban J connectivity index is 2.54. The van der Waals surface area contributed by atoms with Crippen molar-refractivity contribution >= 4 is 26.0 Å². The molecule has 1 heterocycles. The van der Waals surface area contributed by atoms with Gasteiger partial charge >= 0.3 is 6.18 Å². The maximum absolute atomic E-state index is 12.0. The highest BCUT2D eigenvalue weighted by Gasteiger charge is 2.26. The number of alkyl halides is 3. The Bertz CT molecular complexity index is 558. The van der Waals surface area contributed by atoms with E-state index in [1.807, 2.05) is 0 Å². The highest BCUT2D eigenvalue weighted by Crippen LogP contribution is 2.26. The van der Waals surface area contributed by atoms with E-state index in [1.54, 1.807) is 7.05 Å². The maximum atomic E-state index is 12.0. The molecule has 10 heteroatoms. The first kappa shape index (κ1) is 18.5. The van der Waals surface area contributed by atoms with E-state index in [4.69, 9.17) is 4.42 Å². The van der Waals surface area contributed by atoms with Gasteiger partial charge in [0, 0.05) is 19.0 Å². The summed E-state index contributed by atoms with van der Waals surface area (Å²) in [4.78, 5) is -0.0661. The Morgan fingerprint density at radius 1 is 1.33 bits per heavy atom. The van der Waals surface area contributed by atoms with Gasteiger partial charge < -0.3 is 9.73 Å². The van der Waals surface area contributed by atoms with E-state index in [0.29, 0.717) is 12.3 Å². The van der Waals surface area contributed by atoms with Crippen molar-refractivity contribution in [3.63, 3.8) is 0 Å². The van der Waals surface area contributed by atoms with Gasteiger partial charge in [0.2, 0.25) is 10.0 Å². The maximum Gasteiger partial charge on any atom is 0.389 e. The molecule has 1 aromatic rings. The van der Waals surface area contributed by atoms with E-state index < -0.39 is 22.6 Å². The van der Waals surface area contributed by atoms with E-state index >= 15 is 0 Å². The van der Waals surface area contributed by atoms with Crippen molar-refractivity contribution in [1.82, 2.24) is 10.0 Å². The van der Waals surface area contributed by atoms with Crippen molar-refractivity contribution in [2.24, 2.45) is 0 Å². The Labute approximate surface area is 129 Å². The molecule has 0 aliphatic heterocycles. The summed E-state index contributed by atoms with van der Waals surface area (Å²) in [5.41, 5.74) is 0. The molecular weight excluding hydrogens is 377 g/mol. The van der Waals surface area contributed by atoms with Gasteiger partial charge in [-0.25, -0.2) is 13.1 Å². The third-order valence-corrected chi connectivity index (χ3v) is 4.84. The van der Waals surface area contributed by atoms with Gasteiger partial charge in [-0.15, -0.1) is 0 Å². The van der Waals surface area contributed by atoms with Crippen LogP contribution >= 0.6 is 15.9 Å². The zero-order valence-electron chi connectivity index (χ0n) is 11.3. The number of unbranched alkanes of at least 4 members (excludes halogenated alkanes) is 1. The molecule has 0 fully saturated rings. The fraction of sp³-hybridized carbons (Fsp3) is 0.636. The Hall–Kier alpha value is -0.580. The number of hydrogen-bond acceptors (Lipinski definition) is 4. The summed E-state index contributed by atoms with van der Waals surface area (Å²) < 4.78 is 67.3. The van der Waals surface area contributed by atoms with Crippen LogP contribution in [0.5, 0.6) is 0 Å². The molecule has 0 aliphatic rings. The van der Waals surface area contributed by atoms with Crippen molar-refractivity contribution in [3.05, 3.63) is 16.5 Å². The van der Waals surface area contributed by atoms with Gasteiger partial charge in [-0.3, -0.25) is 0 Å². The van der Waals surface area contributed by atoms with Crippen LogP contribution < -0.4 is 10.0 Å². The van der Waals surface area contributed by atoms with Crippen LogP contribution in [0.15, 0.2) is 20.0 Å². The zero-order chi connectivity index (χ0) is 16.1. The summed E-state index contributed by atoms with van der Waals surface area (Å²) >= 11 is 3.01. The van der Waals surface area contributed by atoms with Crippen LogP contribution in [0.1, 0.15) is 25.0 Å². The van der Waals surface area contributed by atoms with Crippen molar-refractivity contribution in [1.29, 1.82) is 0 Å². The molecule has 0 amide bonds. The van der Waals surface area contributed by atoms with Gasteiger partial charge in [0.05, 0.1) is 6.54 Å². The van der Waals surface area contributed by atoms with Crippen molar-refractivity contribution in [3.8, 4) is 0 Å². The minimum Gasteiger partial charge on any atom is -0.452 e. The standard InChI is InChI=1S/C11H16BrF3N2O3S/c1-16-7-8-6-9(10(12)20-8)21(18,19)17-5-3-2-4-11(13,14)15/h6,16-17H,2-5,7H2,1H3. The number of halogens is 4. The smallest absolute Gasteiger partial charge is 0.389 e. The molecule has 0 aliphatic carbocycles. The molecular formula is C11H16BrF3N2O3S. The summed E-state index contributed by atoms with van der Waals surface area (Å²) in [6, 6.07) is 1.36. The molecule has 0 aromatic carbocycles. The lowest BCUT2D eigenvalue weighted by molar-refractivity contribution is -0.135. The van der Waals surface area contributed by atoms with Crippen LogP contribution in [0, 0.1) is 0 Å². The van der Waals surface area contributed by atoms with Crippen LogP contribution in [0.25, 0.3) is 0 Å². The average Bonchev–Trinajstić information content (AvgIpc) is 2.69. The first-order valence-corrected chi connectivity index (χ1v) is 8.42. The average molecular weight is 393 g/mol. The molecule has 0 saturated carbocycles. The number of sulfonamides is 1. The third-order valence-electron chi connectivity index (χ3n) is 2.53. The van der Waals surface area contributed by atoms with Gasteiger partial charge in [0.25, 0.3) is 0 Å². The zero-order valence-corrected chi connectivity index (χ0v) is 13.7. The topological polar surface area (TPSA) is 71.3 Å². The summed E-state index contributed by atoms with van der Waals surface area (Å²) in [7, 11) is -2.12. The molecule has 0 spiro atoms. The fourth-order valence-electron chi connectivity index (χ4n) is 1.58. The lowest BCUT2D eigenvalue weighted by Crippen LogP contribution is -2.25. The van der Waals surface area contributed by atoms with Crippen LogP contribution in [-0.2, 0) is 16.6 Å². The van der Waals surface area contributed by atoms with Gasteiger partial charge in [0.1, 0.15) is 10.7 Å². The second kappa shape index (κ2) is 7.61. The molecule has 0 radical (unpaired) electrons. The molecule has 2 N–H and O–H groups in total. The van der Waals surface area contributed by atoms with Crippen LogP contribution in [0.4, 0.5) is 13.2 Å². The highest BCUT2D eigenvalue weighted by atomic mass is 79.9. The quantitative estimate of drug-likeness (QED) is 0.667. The van der Waals surface area contributed by atoms with Gasteiger partial charge in [0.15, 0.2) is 4.67 Å². The molecule has 0 saturated heterocycles. The number of nitrogens with one attached hydrogen (secondary N) is 2. The molecule has 0 bridgehead atoms. The largest absolute Gasteiger partial charge is 0.452 e. The molecule has 0 atom stereocenters. The van der Waals surface area contributed by atoms with E-state index in [2.05, 4.69) is 26.0 Å². The Morgan fingerprint density at radius 2 is 2.00 bits per heavy atom. The molecule has 122 valence electrons. The third kappa shape index (κ3) is 6.37. The molecule has 0 unspecified atom stereocenters. The fourth-order valence-corrected chi connectivity index (χ4v) is 3.65. The Morgan fingerprint density at radius 3 is 2.57 bits per heavy atom.